The van der Waals surface area contributed by atoms with Crippen LogP contribution in [0.15, 0.2) is 24.3 Å². The summed E-state index contributed by atoms with van der Waals surface area (Å²) >= 11 is 0. The van der Waals surface area contributed by atoms with Crippen molar-refractivity contribution in [3.8, 4) is 0 Å². The van der Waals surface area contributed by atoms with Gasteiger partial charge in [-0.3, -0.25) is 0 Å². The van der Waals surface area contributed by atoms with E-state index in [9.17, 15) is 0 Å². The summed E-state index contributed by atoms with van der Waals surface area (Å²) in [5, 5.41) is 3.49. The number of nitrogens with one attached hydrogen (secondary N) is 1. The van der Waals surface area contributed by atoms with Crippen LogP contribution < -0.4 is 5.32 Å². The van der Waals surface area contributed by atoms with E-state index in [1.807, 2.05) is 0 Å². The molecule has 2 heteroatoms. The standard InChI is InChI=1S/C16H25NO/c1-13(2)15-7-5-14(6-8-15)9-10-17-12-16-4-3-11-18-16/h5-8,13,16-17H,3-4,9-12H2,1-2H3. The minimum Gasteiger partial charge on any atom is -0.377 e. The van der Waals surface area contributed by atoms with Gasteiger partial charge >= 0.3 is 0 Å². The number of hydrogen-bond acceptors (Lipinski definition) is 2. The van der Waals surface area contributed by atoms with E-state index in [0.717, 1.165) is 26.1 Å². The maximum atomic E-state index is 5.58. The van der Waals surface area contributed by atoms with Gasteiger partial charge in [0.05, 0.1) is 6.10 Å². The fourth-order valence-corrected chi connectivity index (χ4v) is 2.37. The second-order valence-electron chi connectivity index (χ2n) is 5.49. The average Bonchev–Trinajstić information content (AvgIpc) is 2.88. The van der Waals surface area contributed by atoms with E-state index < -0.39 is 0 Å². The molecule has 1 aliphatic heterocycles. The summed E-state index contributed by atoms with van der Waals surface area (Å²) in [6.07, 6.45) is 4.00. The first-order valence-electron chi connectivity index (χ1n) is 7.17. The van der Waals surface area contributed by atoms with Gasteiger partial charge in [0.25, 0.3) is 0 Å². The second-order valence-corrected chi connectivity index (χ2v) is 5.49. The first-order valence-corrected chi connectivity index (χ1v) is 7.17. The van der Waals surface area contributed by atoms with Gasteiger partial charge < -0.3 is 10.1 Å². The van der Waals surface area contributed by atoms with Crippen LogP contribution in [0.25, 0.3) is 0 Å². The highest BCUT2D eigenvalue weighted by Crippen LogP contribution is 2.15. The molecule has 0 spiro atoms. The topological polar surface area (TPSA) is 21.3 Å². The van der Waals surface area contributed by atoms with E-state index in [2.05, 4.69) is 43.4 Å². The summed E-state index contributed by atoms with van der Waals surface area (Å²) < 4.78 is 5.58. The molecule has 0 amide bonds. The third kappa shape index (κ3) is 4.11. The van der Waals surface area contributed by atoms with E-state index in [0.29, 0.717) is 12.0 Å². The van der Waals surface area contributed by atoms with E-state index in [1.165, 1.54) is 24.0 Å². The van der Waals surface area contributed by atoms with Crippen molar-refractivity contribution in [2.24, 2.45) is 0 Å². The monoisotopic (exact) mass is 247 g/mol. The van der Waals surface area contributed by atoms with Crippen LogP contribution in [0.1, 0.15) is 43.7 Å². The van der Waals surface area contributed by atoms with Crippen molar-refractivity contribution in [3.63, 3.8) is 0 Å². The third-order valence-electron chi connectivity index (χ3n) is 3.63. The number of benzene rings is 1. The summed E-state index contributed by atoms with van der Waals surface area (Å²) in [5.41, 5.74) is 2.84. The molecule has 2 nitrogen and oxygen atoms in total. The Morgan fingerprint density at radius 2 is 2.06 bits per heavy atom. The number of ether oxygens (including phenoxy) is 1. The molecule has 1 saturated heterocycles. The van der Waals surface area contributed by atoms with Gasteiger partial charge in [0, 0.05) is 13.2 Å². The molecule has 1 heterocycles. The van der Waals surface area contributed by atoms with Gasteiger partial charge in [0.2, 0.25) is 0 Å². The Kier molecular flexibility index (Phi) is 5.21. The van der Waals surface area contributed by atoms with E-state index in [-0.39, 0.29) is 0 Å². The highest BCUT2D eigenvalue weighted by Gasteiger charge is 2.14. The van der Waals surface area contributed by atoms with Crippen LogP contribution in [0.4, 0.5) is 0 Å². The van der Waals surface area contributed by atoms with E-state index in [4.69, 9.17) is 4.74 Å². The van der Waals surface area contributed by atoms with Gasteiger partial charge in [-0.05, 0) is 42.9 Å². The number of hydrogen-bond donors (Lipinski definition) is 1. The average molecular weight is 247 g/mol. The molecular formula is C16H25NO. The lowest BCUT2D eigenvalue weighted by atomic mass is 10.0. The lowest BCUT2D eigenvalue weighted by molar-refractivity contribution is 0.110. The largest absolute Gasteiger partial charge is 0.377 e. The minimum atomic E-state index is 0.452. The lowest BCUT2D eigenvalue weighted by Crippen LogP contribution is -2.27. The van der Waals surface area contributed by atoms with E-state index >= 15 is 0 Å². The zero-order valence-electron chi connectivity index (χ0n) is 11.6. The van der Waals surface area contributed by atoms with Crippen LogP contribution in [0, 0.1) is 0 Å². The normalized spacial score (nSPS) is 19.6. The SMILES string of the molecule is CC(C)c1ccc(CCNCC2CCCO2)cc1. The Balaban J connectivity index is 1.66. The summed E-state index contributed by atoms with van der Waals surface area (Å²) in [4.78, 5) is 0. The lowest BCUT2D eigenvalue weighted by Gasteiger charge is -2.11. The molecule has 0 saturated carbocycles. The fraction of sp³-hybridized carbons (Fsp3) is 0.625. The zero-order chi connectivity index (χ0) is 12.8. The van der Waals surface area contributed by atoms with Crippen molar-refractivity contribution < 1.29 is 4.74 Å². The molecule has 0 aromatic heterocycles. The predicted molar refractivity (Wildman–Crippen MR) is 76.1 cm³/mol. The summed E-state index contributed by atoms with van der Waals surface area (Å²) in [5.74, 6) is 0.622. The van der Waals surface area contributed by atoms with Gasteiger partial charge in [-0.15, -0.1) is 0 Å². The van der Waals surface area contributed by atoms with Crippen molar-refractivity contribution in [2.75, 3.05) is 19.7 Å². The van der Waals surface area contributed by atoms with Gasteiger partial charge in [0.15, 0.2) is 0 Å². The predicted octanol–water partition coefficient (Wildman–Crippen LogP) is 3.12. The van der Waals surface area contributed by atoms with Crippen LogP contribution in [0.3, 0.4) is 0 Å². The third-order valence-corrected chi connectivity index (χ3v) is 3.63. The van der Waals surface area contributed by atoms with Crippen LogP contribution in [0.2, 0.25) is 0 Å². The van der Waals surface area contributed by atoms with Gasteiger partial charge in [-0.1, -0.05) is 38.1 Å². The molecule has 0 aliphatic carbocycles. The molecule has 1 atom stereocenters. The fourth-order valence-electron chi connectivity index (χ4n) is 2.37. The quantitative estimate of drug-likeness (QED) is 0.780. The molecular weight excluding hydrogens is 222 g/mol. The molecule has 1 fully saturated rings. The molecule has 1 aromatic rings. The Morgan fingerprint density at radius 3 is 2.67 bits per heavy atom. The molecule has 0 bridgehead atoms. The van der Waals surface area contributed by atoms with Gasteiger partial charge in [0.1, 0.15) is 0 Å². The molecule has 1 aromatic carbocycles. The van der Waals surface area contributed by atoms with Crippen LogP contribution in [-0.4, -0.2) is 25.8 Å². The maximum Gasteiger partial charge on any atom is 0.0700 e. The summed E-state index contributed by atoms with van der Waals surface area (Å²) in [6, 6.07) is 9.01. The van der Waals surface area contributed by atoms with Crippen molar-refractivity contribution in [1.82, 2.24) is 5.32 Å². The Hall–Kier alpha value is -0.860. The van der Waals surface area contributed by atoms with E-state index in [1.54, 1.807) is 0 Å². The van der Waals surface area contributed by atoms with Crippen LogP contribution in [-0.2, 0) is 11.2 Å². The first kappa shape index (κ1) is 13.6. The van der Waals surface area contributed by atoms with Gasteiger partial charge in [-0.25, -0.2) is 0 Å². The Bertz CT molecular complexity index is 339. The van der Waals surface area contributed by atoms with Crippen molar-refractivity contribution in [2.45, 2.75) is 45.1 Å². The molecule has 1 aliphatic rings. The minimum absolute atomic E-state index is 0.452. The number of rotatable bonds is 6. The second kappa shape index (κ2) is 6.91. The smallest absolute Gasteiger partial charge is 0.0700 e. The highest BCUT2D eigenvalue weighted by atomic mass is 16.5. The molecule has 100 valence electrons. The Morgan fingerprint density at radius 1 is 1.28 bits per heavy atom. The van der Waals surface area contributed by atoms with Crippen molar-refractivity contribution in [1.29, 1.82) is 0 Å². The van der Waals surface area contributed by atoms with Crippen molar-refractivity contribution in [3.05, 3.63) is 35.4 Å². The maximum absolute atomic E-state index is 5.58. The summed E-state index contributed by atoms with van der Waals surface area (Å²) in [6.45, 7) is 7.46. The van der Waals surface area contributed by atoms with Gasteiger partial charge in [-0.2, -0.15) is 0 Å². The molecule has 18 heavy (non-hydrogen) atoms. The molecule has 1 N–H and O–H groups in total. The highest BCUT2D eigenvalue weighted by molar-refractivity contribution is 5.24. The molecule has 2 rings (SSSR count). The Labute approximate surface area is 111 Å². The molecule has 1 unspecified atom stereocenters. The van der Waals surface area contributed by atoms with Crippen molar-refractivity contribution >= 4 is 0 Å². The molecule has 0 radical (unpaired) electrons. The summed E-state index contributed by atoms with van der Waals surface area (Å²) in [7, 11) is 0. The van der Waals surface area contributed by atoms with Crippen LogP contribution >= 0.6 is 0 Å². The zero-order valence-corrected chi connectivity index (χ0v) is 11.6. The van der Waals surface area contributed by atoms with Crippen LogP contribution in [0.5, 0.6) is 0 Å². The first-order chi connectivity index (χ1) is 8.75.